The quantitative estimate of drug-likeness (QED) is 0.913. The molecule has 17 heavy (non-hydrogen) atoms. The summed E-state index contributed by atoms with van der Waals surface area (Å²) in [6.07, 6.45) is 1.69. The third-order valence-corrected chi connectivity index (χ3v) is 3.56. The van der Waals surface area contributed by atoms with Crippen LogP contribution in [-0.2, 0) is 0 Å². The van der Waals surface area contributed by atoms with Crippen LogP contribution >= 0.6 is 15.9 Å². The molecule has 0 spiro atoms. The van der Waals surface area contributed by atoms with Crippen LogP contribution in [0.25, 0.3) is 0 Å². The first-order valence-corrected chi connectivity index (χ1v) is 6.04. The zero-order valence-electron chi connectivity index (χ0n) is 8.87. The number of carboxylic acid groups (broad SMARTS) is 1. The minimum absolute atomic E-state index is 0.0577. The molecule has 0 amide bonds. The zero-order valence-corrected chi connectivity index (χ0v) is 10.5. The summed E-state index contributed by atoms with van der Waals surface area (Å²) >= 11 is 3.05. The third kappa shape index (κ3) is 2.65. The van der Waals surface area contributed by atoms with E-state index in [1.807, 2.05) is 0 Å². The molecule has 0 aliphatic heterocycles. The number of hydrogen-bond donors (Lipinski definition) is 1. The van der Waals surface area contributed by atoms with Gasteiger partial charge in [0, 0.05) is 19.0 Å². The minimum Gasteiger partial charge on any atom is -0.478 e. The largest absolute Gasteiger partial charge is 0.478 e. The van der Waals surface area contributed by atoms with Crippen molar-refractivity contribution in [2.24, 2.45) is 0 Å². The van der Waals surface area contributed by atoms with Crippen LogP contribution in [0.5, 0.6) is 0 Å². The maximum atomic E-state index is 13.0. The van der Waals surface area contributed by atoms with Gasteiger partial charge in [0.2, 0.25) is 5.92 Å². The van der Waals surface area contributed by atoms with Crippen LogP contribution in [0.2, 0.25) is 0 Å². The Morgan fingerprint density at radius 3 is 2.59 bits per heavy atom. The number of alkyl halides is 2. The van der Waals surface area contributed by atoms with Gasteiger partial charge >= 0.3 is 5.97 Å². The fourth-order valence-electron chi connectivity index (χ4n) is 1.99. The highest BCUT2D eigenvalue weighted by atomic mass is 79.9. The molecule has 4 nitrogen and oxygen atoms in total. The topological polar surface area (TPSA) is 55.1 Å². The molecule has 0 radical (unpaired) electrons. The summed E-state index contributed by atoms with van der Waals surface area (Å²) in [6, 6.07) is -0.140. The number of carbonyl (C=O) groups is 1. The van der Waals surface area contributed by atoms with E-state index in [-0.39, 0.29) is 29.1 Å². The first kappa shape index (κ1) is 12.5. The predicted octanol–water partition coefficient (Wildman–Crippen LogP) is 3.09. The van der Waals surface area contributed by atoms with Crippen LogP contribution in [-0.4, -0.2) is 26.8 Å². The van der Waals surface area contributed by atoms with E-state index in [4.69, 9.17) is 5.11 Å². The van der Waals surface area contributed by atoms with Gasteiger partial charge in [-0.25, -0.2) is 13.6 Å². The number of halogens is 3. The summed E-state index contributed by atoms with van der Waals surface area (Å²) in [5.74, 6) is -3.67. The first-order valence-electron chi connectivity index (χ1n) is 5.25. The van der Waals surface area contributed by atoms with Gasteiger partial charge in [0.1, 0.15) is 10.2 Å². The van der Waals surface area contributed by atoms with E-state index >= 15 is 0 Å². The van der Waals surface area contributed by atoms with E-state index in [0.717, 1.165) is 0 Å². The van der Waals surface area contributed by atoms with Crippen LogP contribution < -0.4 is 0 Å². The molecule has 1 aromatic rings. The number of aromatic carboxylic acids is 1. The predicted molar refractivity (Wildman–Crippen MR) is 59.3 cm³/mol. The highest BCUT2D eigenvalue weighted by molar-refractivity contribution is 9.10. The molecule has 0 unspecified atom stereocenters. The van der Waals surface area contributed by atoms with Crippen LogP contribution in [0.4, 0.5) is 8.78 Å². The normalized spacial score (nSPS) is 20.4. The van der Waals surface area contributed by atoms with Crippen molar-refractivity contribution in [2.75, 3.05) is 0 Å². The number of carboxylic acids is 1. The Morgan fingerprint density at radius 2 is 2.12 bits per heavy atom. The molecule has 0 saturated heterocycles. The minimum atomic E-state index is -2.59. The molecule has 94 valence electrons. The number of rotatable bonds is 2. The molecule has 1 N–H and O–H groups in total. The van der Waals surface area contributed by atoms with E-state index in [1.165, 1.54) is 10.9 Å². The van der Waals surface area contributed by atoms with Gasteiger partial charge in [-0.05, 0) is 28.8 Å². The SMILES string of the molecule is O=C(O)c1cn(C2CCC(F)(F)CC2)nc1Br. The lowest BCUT2D eigenvalue weighted by Crippen LogP contribution is -2.26. The Kier molecular flexibility index (Phi) is 3.20. The average molecular weight is 309 g/mol. The molecule has 1 aromatic heterocycles. The highest BCUT2D eigenvalue weighted by Gasteiger charge is 2.36. The fraction of sp³-hybridized carbons (Fsp3) is 0.600. The van der Waals surface area contributed by atoms with Crippen LogP contribution in [0.3, 0.4) is 0 Å². The number of nitrogens with zero attached hydrogens (tertiary/aromatic N) is 2. The monoisotopic (exact) mass is 308 g/mol. The third-order valence-electron chi connectivity index (χ3n) is 2.98. The maximum absolute atomic E-state index is 13.0. The van der Waals surface area contributed by atoms with Crippen LogP contribution in [0.15, 0.2) is 10.8 Å². The van der Waals surface area contributed by atoms with E-state index in [0.29, 0.717) is 12.8 Å². The molecule has 1 saturated carbocycles. The van der Waals surface area contributed by atoms with Crippen molar-refractivity contribution in [1.82, 2.24) is 9.78 Å². The fourth-order valence-corrected chi connectivity index (χ4v) is 2.44. The van der Waals surface area contributed by atoms with E-state index < -0.39 is 11.9 Å². The number of aromatic nitrogens is 2. The van der Waals surface area contributed by atoms with Crippen molar-refractivity contribution in [3.05, 3.63) is 16.4 Å². The second kappa shape index (κ2) is 4.36. The average Bonchev–Trinajstić information content (AvgIpc) is 2.60. The second-order valence-electron chi connectivity index (χ2n) is 4.21. The Hall–Kier alpha value is -0.980. The summed E-state index contributed by atoms with van der Waals surface area (Å²) in [6.45, 7) is 0. The van der Waals surface area contributed by atoms with Crippen molar-refractivity contribution in [3.8, 4) is 0 Å². The first-order chi connectivity index (χ1) is 7.89. The molecular formula is C10H11BrF2N2O2. The molecule has 2 rings (SSSR count). The summed E-state index contributed by atoms with van der Waals surface area (Å²) in [7, 11) is 0. The molecule has 1 aliphatic rings. The van der Waals surface area contributed by atoms with Crippen LogP contribution in [0, 0.1) is 0 Å². The Bertz CT molecular complexity index is 438. The van der Waals surface area contributed by atoms with Gasteiger partial charge in [-0.15, -0.1) is 0 Å². The summed E-state index contributed by atoms with van der Waals surface area (Å²) < 4.78 is 27.7. The van der Waals surface area contributed by atoms with Crippen molar-refractivity contribution in [2.45, 2.75) is 37.6 Å². The molecule has 0 bridgehead atoms. The summed E-state index contributed by atoms with van der Waals surface area (Å²) in [5.41, 5.74) is 0.0577. The van der Waals surface area contributed by atoms with Crippen molar-refractivity contribution >= 4 is 21.9 Å². The molecular weight excluding hydrogens is 298 g/mol. The van der Waals surface area contributed by atoms with E-state index in [1.54, 1.807) is 0 Å². The Morgan fingerprint density at radius 1 is 1.53 bits per heavy atom. The molecule has 1 fully saturated rings. The standard InChI is InChI=1S/C10H11BrF2N2O2/c11-8-7(9(16)17)5-15(14-8)6-1-3-10(12,13)4-2-6/h5-6H,1-4H2,(H,16,17). The molecule has 0 aromatic carbocycles. The summed E-state index contributed by atoms with van der Waals surface area (Å²) in [5, 5.41) is 12.9. The van der Waals surface area contributed by atoms with Crippen molar-refractivity contribution < 1.29 is 18.7 Å². The van der Waals surface area contributed by atoms with Crippen molar-refractivity contribution in [3.63, 3.8) is 0 Å². The van der Waals surface area contributed by atoms with E-state index in [9.17, 15) is 13.6 Å². The lowest BCUT2D eigenvalue weighted by molar-refractivity contribution is -0.0450. The van der Waals surface area contributed by atoms with Gasteiger partial charge in [0.15, 0.2) is 0 Å². The zero-order chi connectivity index (χ0) is 12.6. The lowest BCUT2D eigenvalue weighted by atomic mass is 9.92. The van der Waals surface area contributed by atoms with Gasteiger partial charge in [-0.2, -0.15) is 5.10 Å². The van der Waals surface area contributed by atoms with Crippen molar-refractivity contribution in [1.29, 1.82) is 0 Å². The van der Waals surface area contributed by atoms with Gasteiger partial charge in [-0.1, -0.05) is 0 Å². The maximum Gasteiger partial charge on any atom is 0.340 e. The Labute approximate surface area is 105 Å². The Balaban J connectivity index is 2.14. The van der Waals surface area contributed by atoms with Gasteiger partial charge < -0.3 is 5.11 Å². The molecule has 7 heteroatoms. The van der Waals surface area contributed by atoms with Gasteiger partial charge in [-0.3, -0.25) is 4.68 Å². The summed E-state index contributed by atoms with van der Waals surface area (Å²) in [4.78, 5) is 10.8. The second-order valence-corrected chi connectivity index (χ2v) is 4.96. The van der Waals surface area contributed by atoms with Gasteiger partial charge in [0.25, 0.3) is 0 Å². The molecule has 0 atom stereocenters. The van der Waals surface area contributed by atoms with E-state index in [2.05, 4.69) is 21.0 Å². The lowest BCUT2D eigenvalue weighted by Gasteiger charge is -2.28. The molecule has 1 heterocycles. The molecule has 1 aliphatic carbocycles. The highest BCUT2D eigenvalue weighted by Crippen LogP contribution is 2.38. The number of hydrogen-bond acceptors (Lipinski definition) is 2. The van der Waals surface area contributed by atoms with Gasteiger partial charge in [0.05, 0.1) is 6.04 Å². The van der Waals surface area contributed by atoms with Crippen LogP contribution in [0.1, 0.15) is 42.1 Å². The smallest absolute Gasteiger partial charge is 0.340 e.